The molecule has 0 spiro atoms. The van der Waals surface area contributed by atoms with Gasteiger partial charge in [0.25, 0.3) is 5.91 Å². The number of rotatable bonds is 5. The molecule has 0 saturated carbocycles. The highest BCUT2D eigenvalue weighted by molar-refractivity contribution is 5.94. The number of amides is 1. The molecule has 1 aliphatic rings. The van der Waals surface area contributed by atoms with Crippen LogP contribution in [0, 0.1) is 0 Å². The Morgan fingerprint density at radius 1 is 1.04 bits per heavy atom. The average molecular weight is 340 g/mol. The molecule has 1 fully saturated rings. The number of hydrogen-bond acceptors (Lipinski definition) is 4. The minimum atomic E-state index is 0.0567. The van der Waals surface area contributed by atoms with Gasteiger partial charge in [0.2, 0.25) is 0 Å². The SMILES string of the molecule is CCOc1cccc(C(=O)N2CCN(c3ccccc3OC)CC2)c1. The van der Waals surface area contributed by atoms with Gasteiger partial charge < -0.3 is 19.3 Å². The second-order valence-electron chi connectivity index (χ2n) is 5.91. The van der Waals surface area contributed by atoms with Crippen LogP contribution < -0.4 is 14.4 Å². The highest BCUT2D eigenvalue weighted by atomic mass is 16.5. The summed E-state index contributed by atoms with van der Waals surface area (Å²) in [6.45, 7) is 5.49. The van der Waals surface area contributed by atoms with Gasteiger partial charge in [-0.05, 0) is 37.3 Å². The number of para-hydroxylation sites is 2. The summed E-state index contributed by atoms with van der Waals surface area (Å²) >= 11 is 0. The van der Waals surface area contributed by atoms with Crippen LogP contribution in [0.2, 0.25) is 0 Å². The normalized spacial score (nSPS) is 14.3. The molecule has 132 valence electrons. The van der Waals surface area contributed by atoms with E-state index in [0.717, 1.165) is 30.3 Å². The number of nitrogens with zero attached hydrogens (tertiary/aromatic N) is 2. The topological polar surface area (TPSA) is 42.0 Å². The molecule has 1 aliphatic heterocycles. The number of carbonyl (C=O) groups excluding carboxylic acids is 1. The molecule has 1 saturated heterocycles. The summed E-state index contributed by atoms with van der Waals surface area (Å²) in [5.41, 5.74) is 1.76. The van der Waals surface area contributed by atoms with E-state index in [2.05, 4.69) is 11.0 Å². The molecule has 0 atom stereocenters. The number of carbonyl (C=O) groups is 1. The smallest absolute Gasteiger partial charge is 0.254 e. The lowest BCUT2D eigenvalue weighted by molar-refractivity contribution is 0.0746. The molecule has 0 aromatic heterocycles. The Hall–Kier alpha value is -2.69. The summed E-state index contributed by atoms with van der Waals surface area (Å²) in [7, 11) is 1.68. The van der Waals surface area contributed by atoms with Crippen LogP contribution in [0.1, 0.15) is 17.3 Å². The van der Waals surface area contributed by atoms with Crippen LogP contribution in [-0.4, -0.2) is 50.7 Å². The van der Waals surface area contributed by atoms with Gasteiger partial charge >= 0.3 is 0 Å². The Morgan fingerprint density at radius 3 is 2.52 bits per heavy atom. The number of piperazine rings is 1. The second kappa shape index (κ2) is 7.92. The van der Waals surface area contributed by atoms with Gasteiger partial charge in [0.05, 0.1) is 19.4 Å². The summed E-state index contributed by atoms with van der Waals surface area (Å²) in [4.78, 5) is 16.9. The van der Waals surface area contributed by atoms with Gasteiger partial charge in [-0.15, -0.1) is 0 Å². The minimum Gasteiger partial charge on any atom is -0.495 e. The van der Waals surface area contributed by atoms with Crippen LogP contribution >= 0.6 is 0 Å². The van der Waals surface area contributed by atoms with Crippen LogP contribution in [-0.2, 0) is 0 Å². The highest BCUT2D eigenvalue weighted by Gasteiger charge is 2.23. The number of methoxy groups -OCH3 is 1. The standard InChI is InChI=1S/C20H24N2O3/c1-3-25-17-8-6-7-16(15-17)20(23)22-13-11-21(12-14-22)18-9-4-5-10-19(18)24-2/h4-10,15H,3,11-14H2,1-2H3. The zero-order chi connectivity index (χ0) is 17.6. The third kappa shape index (κ3) is 3.87. The lowest BCUT2D eigenvalue weighted by Crippen LogP contribution is -2.48. The van der Waals surface area contributed by atoms with Crippen LogP contribution in [0.5, 0.6) is 11.5 Å². The molecule has 3 rings (SSSR count). The summed E-state index contributed by atoms with van der Waals surface area (Å²) in [5.74, 6) is 1.66. The maximum Gasteiger partial charge on any atom is 0.254 e. The van der Waals surface area contributed by atoms with E-state index in [0.29, 0.717) is 25.3 Å². The lowest BCUT2D eigenvalue weighted by atomic mass is 10.1. The van der Waals surface area contributed by atoms with E-state index >= 15 is 0 Å². The van der Waals surface area contributed by atoms with Crippen LogP contribution in [0.15, 0.2) is 48.5 Å². The predicted octanol–water partition coefficient (Wildman–Crippen LogP) is 3.06. The van der Waals surface area contributed by atoms with Gasteiger partial charge in [0.1, 0.15) is 11.5 Å². The van der Waals surface area contributed by atoms with Crippen molar-refractivity contribution in [1.29, 1.82) is 0 Å². The second-order valence-corrected chi connectivity index (χ2v) is 5.91. The number of hydrogen-bond donors (Lipinski definition) is 0. The van der Waals surface area contributed by atoms with Crippen molar-refractivity contribution in [2.75, 3.05) is 44.8 Å². The van der Waals surface area contributed by atoms with Crippen LogP contribution in [0.4, 0.5) is 5.69 Å². The maximum absolute atomic E-state index is 12.7. The van der Waals surface area contributed by atoms with Crippen LogP contribution in [0.25, 0.3) is 0 Å². The van der Waals surface area contributed by atoms with E-state index in [1.54, 1.807) is 7.11 Å². The molecule has 0 aliphatic carbocycles. The Labute approximate surface area is 148 Å². The first-order valence-electron chi connectivity index (χ1n) is 8.63. The Morgan fingerprint density at radius 2 is 1.80 bits per heavy atom. The first kappa shape index (κ1) is 17.1. The highest BCUT2D eigenvalue weighted by Crippen LogP contribution is 2.28. The van der Waals surface area contributed by atoms with E-state index in [9.17, 15) is 4.79 Å². The lowest BCUT2D eigenvalue weighted by Gasteiger charge is -2.36. The van der Waals surface area contributed by atoms with E-state index < -0.39 is 0 Å². The molecule has 25 heavy (non-hydrogen) atoms. The predicted molar refractivity (Wildman–Crippen MR) is 98.7 cm³/mol. The van der Waals surface area contributed by atoms with Crippen molar-refractivity contribution in [1.82, 2.24) is 4.90 Å². The molecule has 5 nitrogen and oxygen atoms in total. The third-order valence-corrected chi connectivity index (χ3v) is 4.38. The van der Waals surface area contributed by atoms with Crippen molar-refractivity contribution >= 4 is 11.6 Å². The first-order chi connectivity index (χ1) is 12.2. The average Bonchev–Trinajstić information content (AvgIpc) is 2.68. The van der Waals surface area contributed by atoms with Gasteiger partial charge in [-0.3, -0.25) is 4.79 Å². The van der Waals surface area contributed by atoms with Gasteiger partial charge in [0, 0.05) is 31.7 Å². The van der Waals surface area contributed by atoms with E-state index in [1.165, 1.54) is 0 Å². The van der Waals surface area contributed by atoms with Gasteiger partial charge in [-0.1, -0.05) is 18.2 Å². The monoisotopic (exact) mass is 340 g/mol. The Kier molecular flexibility index (Phi) is 5.43. The summed E-state index contributed by atoms with van der Waals surface area (Å²) in [5, 5.41) is 0. The molecule has 2 aromatic rings. The zero-order valence-electron chi connectivity index (χ0n) is 14.8. The van der Waals surface area contributed by atoms with Gasteiger partial charge in [-0.25, -0.2) is 0 Å². The van der Waals surface area contributed by atoms with E-state index in [-0.39, 0.29) is 5.91 Å². The summed E-state index contributed by atoms with van der Waals surface area (Å²) in [6.07, 6.45) is 0. The van der Waals surface area contributed by atoms with Crippen molar-refractivity contribution < 1.29 is 14.3 Å². The molecule has 0 bridgehead atoms. The van der Waals surface area contributed by atoms with Crippen molar-refractivity contribution in [3.63, 3.8) is 0 Å². The summed E-state index contributed by atoms with van der Waals surface area (Å²) in [6, 6.07) is 15.4. The van der Waals surface area contributed by atoms with Crippen molar-refractivity contribution in [3.05, 3.63) is 54.1 Å². The summed E-state index contributed by atoms with van der Waals surface area (Å²) < 4.78 is 10.9. The van der Waals surface area contributed by atoms with Gasteiger partial charge in [-0.2, -0.15) is 0 Å². The quantitative estimate of drug-likeness (QED) is 0.839. The molecule has 1 amide bonds. The number of ether oxygens (including phenoxy) is 2. The fraction of sp³-hybridized carbons (Fsp3) is 0.350. The molecule has 0 unspecified atom stereocenters. The van der Waals surface area contributed by atoms with Crippen molar-refractivity contribution in [2.45, 2.75) is 6.92 Å². The molecule has 0 radical (unpaired) electrons. The maximum atomic E-state index is 12.7. The molecule has 1 heterocycles. The third-order valence-electron chi connectivity index (χ3n) is 4.38. The Balaban J connectivity index is 1.66. The molecular weight excluding hydrogens is 316 g/mol. The van der Waals surface area contributed by atoms with Crippen molar-refractivity contribution in [2.24, 2.45) is 0 Å². The molecular formula is C20H24N2O3. The number of benzene rings is 2. The first-order valence-corrected chi connectivity index (χ1v) is 8.63. The zero-order valence-corrected chi connectivity index (χ0v) is 14.8. The fourth-order valence-electron chi connectivity index (χ4n) is 3.11. The largest absolute Gasteiger partial charge is 0.495 e. The van der Waals surface area contributed by atoms with E-state index in [4.69, 9.17) is 9.47 Å². The van der Waals surface area contributed by atoms with Crippen molar-refractivity contribution in [3.8, 4) is 11.5 Å². The van der Waals surface area contributed by atoms with E-state index in [1.807, 2.05) is 54.3 Å². The Bertz CT molecular complexity index is 724. The molecule has 0 N–H and O–H groups in total. The van der Waals surface area contributed by atoms with Crippen LogP contribution in [0.3, 0.4) is 0 Å². The fourth-order valence-corrected chi connectivity index (χ4v) is 3.11. The molecule has 2 aromatic carbocycles. The van der Waals surface area contributed by atoms with Gasteiger partial charge in [0.15, 0.2) is 0 Å². The molecule has 5 heteroatoms. The minimum absolute atomic E-state index is 0.0567. The number of anilines is 1.